The first-order valence-electron chi connectivity index (χ1n) is 23.4. The maximum absolute atomic E-state index is 12.1. The molecule has 0 radical (unpaired) electrons. The molecular formula is C51H86O12. The molecule has 0 aromatic heterocycles. The maximum atomic E-state index is 12.1. The summed E-state index contributed by atoms with van der Waals surface area (Å²) in [6.07, 6.45) is 8.99. The Morgan fingerprint density at radius 1 is 0.603 bits per heavy atom. The van der Waals surface area contributed by atoms with E-state index in [2.05, 4.69) is 0 Å². The number of hydrogen-bond acceptors (Lipinski definition) is 11. The first-order valence-corrected chi connectivity index (χ1v) is 23.4. The third kappa shape index (κ3) is 17.4. The molecule has 3 aliphatic carbocycles. The van der Waals surface area contributed by atoms with Crippen LogP contribution in [0, 0.1) is 56.7 Å². The number of ether oxygens (including phenoxy) is 5. The molecule has 4 fully saturated rings. The highest BCUT2D eigenvalue weighted by Gasteiger charge is 2.66. The van der Waals surface area contributed by atoms with Crippen molar-refractivity contribution in [1.82, 2.24) is 0 Å². The summed E-state index contributed by atoms with van der Waals surface area (Å²) in [5.74, 6) is 3.33. The first kappa shape index (κ1) is 57.5. The fourth-order valence-electron chi connectivity index (χ4n) is 7.14. The van der Waals surface area contributed by atoms with Crippen LogP contribution in [0.15, 0.2) is 30.3 Å². The largest absolute Gasteiger partial charge is 0.481 e. The molecule has 362 valence electrons. The summed E-state index contributed by atoms with van der Waals surface area (Å²) in [5.41, 5.74) is -2.01. The number of aliphatic hydroxyl groups excluding tert-OH is 1. The number of carboxylic acids is 1. The van der Waals surface area contributed by atoms with Gasteiger partial charge in [0.2, 0.25) is 0 Å². The Hall–Kier alpha value is -3.51. The van der Waals surface area contributed by atoms with E-state index in [1.54, 1.807) is 26.0 Å². The molecule has 2 bridgehead atoms. The second-order valence-electron chi connectivity index (χ2n) is 20.6. The molecule has 12 heteroatoms. The van der Waals surface area contributed by atoms with Gasteiger partial charge in [-0.2, -0.15) is 0 Å². The van der Waals surface area contributed by atoms with Gasteiger partial charge in [0, 0.05) is 0 Å². The summed E-state index contributed by atoms with van der Waals surface area (Å²) >= 11 is 0. The van der Waals surface area contributed by atoms with Gasteiger partial charge in [0.1, 0.15) is 12.4 Å². The zero-order valence-electron chi connectivity index (χ0n) is 41.9. The van der Waals surface area contributed by atoms with Crippen molar-refractivity contribution in [3.63, 3.8) is 0 Å². The third-order valence-electron chi connectivity index (χ3n) is 14.1. The van der Waals surface area contributed by atoms with Gasteiger partial charge in [-0.3, -0.25) is 24.0 Å². The van der Waals surface area contributed by atoms with E-state index >= 15 is 0 Å². The van der Waals surface area contributed by atoms with Crippen molar-refractivity contribution in [1.29, 1.82) is 0 Å². The maximum Gasteiger partial charge on any atom is 0.316 e. The molecule has 3 saturated carbocycles. The van der Waals surface area contributed by atoms with Crippen molar-refractivity contribution >= 4 is 29.8 Å². The minimum absolute atomic E-state index is 0.0220. The van der Waals surface area contributed by atoms with Crippen molar-refractivity contribution in [2.24, 2.45) is 56.7 Å². The summed E-state index contributed by atoms with van der Waals surface area (Å²) in [4.78, 5) is 56.2. The second kappa shape index (κ2) is 25.3. The van der Waals surface area contributed by atoms with Crippen molar-refractivity contribution in [2.45, 2.75) is 174 Å². The zero-order valence-corrected chi connectivity index (χ0v) is 41.9. The Balaban J connectivity index is 0.000000413. The van der Waals surface area contributed by atoms with Crippen molar-refractivity contribution < 1.29 is 57.9 Å². The van der Waals surface area contributed by atoms with Crippen LogP contribution in [0.3, 0.4) is 0 Å². The van der Waals surface area contributed by atoms with Gasteiger partial charge < -0.3 is 33.9 Å². The standard InChI is InChI=1S/C17H26O3.C12H16O2.C8H16O3.C8H16O2.C6H12O2/c1-4-17(2,3)16(18)19-8-10-5-9-6-11(10)14-12(9)7-13-15(14)20-13;1-4-12(2,3)11(13)14-10-8-6-5-7-9-10;1-4-8(2,3)7(10)11-6-5-9;1-5-8(3,4)7(9)10-6-2;1-4-6(2,3)5(7)8/h9-15H,4-8H2,1-3H3;5-9H,4H2,1-3H3;9H,4-6H2,1-3H3;5-6H2,1-4H3;4H2,1-3H3,(H,7,8). The Bertz CT molecular complexity index is 1580. The first-order chi connectivity index (χ1) is 29.2. The molecule has 1 heterocycles. The number of epoxide rings is 1. The average Bonchev–Trinajstić information content (AvgIpc) is 3.53. The molecule has 1 aliphatic heterocycles. The molecule has 5 rings (SSSR count). The number of para-hydroxylation sites is 1. The summed E-state index contributed by atoms with van der Waals surface area (Å²) < 4.78 is 26.3. The third-order valence-corrected chi connectivity index (χ3v) is 14.1. The number of aliphatic carboxylic acids is 1. The monoisotopic (exact) mass is 891 g/mol. The van der Waals surface area contributed by atoms with Crippen LogP contribution in [0.2, 0.25) is 0 Å². The topological polar surface area (TPSA) is 175 Å². The summed E-state index contributed by atoms with van der Waals surface area (Å²) in [6.45, 7) is 31.3. The van der Waals surface area contributed by atoms with Crippen molar-refractivity contribution in [3.05, 3.63) is 30.3 Å². The van der Waals surface area contributed by atoms with Gasteiger partial charge in [0.25, 0.3) is 0 Å². The van der Waals surface area contributed by atoms with Crippen LogP contribution in [-0.4, -0.2) is 78.7 Å². The lowest BCUT2D eigenvalue weighted by Crippen LogP contribution is -2.33. The number of esters is 4. The molecule has 1 aromatic carbocycles. The second-order valence-corrected chi connectivity index (χ2v) is 20.6. The Labute approximate surface area is 380 Å². The average molecular weight is 891 g/mol. The van der Waals surface area contributed by atoms with E-state index < -0.39 is 22.2 Å². The number of rotatable bonds is 16. The fourth-order valence-corrected chi connectivity index (χ4v) is 7.14. The summed E-state index contributed by atoms with van der Waals surface area (Å²) in [7, 11) is 0. The number of benzene rings is 1. The SMILES string of the molecule is CCC(C)(C)C(=O)O.CCC(C)(C)C(=O)OCC1CC2CC1C1C2CC2OC21.CCC(C)(C)C(=O)OCCO.CCC(C)(C)C(=O)Oc1ccccc1.CCOC(=O)C(C)(C)CC. The Kier molecular flexibility index (Phi) is 23.1. The lowest BCUT2D eigenvalue weighted by molar-refractivity contribution is -0.156. The van der Waals surface area contributed by atoms with Gasteiger partial charge >= 0.3 is 29.8 Å². The van der Waals surface area contributed by atoms with E-state index in [1.165, 1.54) is 19.3 Å². The summed E-state index contributed by atoms with van der Waals surface area (Å²) in [5, 5.41) is 16.8. The van der Waals surface area contributed by atoms with Gasteiger partial charge in [-0.05, 0) is 169 Å². The van der Waals surface area contributed by atoms with E-state index in [1.807, 2.05) is 115 Å². The minimum atomic E-state index is -0.722. The van der Waals surface area contributed by atoms with Crippen LogP contribution in [0.25, 0.3) is 0 Å². The number of carbonyl (C=O) groups excluding carboxylic acids is 4. The number of carboxylic acid groups (broad SMARTS) is 1. The highest BCUT2D eigenvalue weighted by Crippen LogP contribution is 2.65. The summed E-state index contributed by atoms with van der Waals surface area (Å²) in [6, 6.07) is 9.15. The molecule has 2 N–H and O–H groups in total. The number of aliphatic hydroxyl groups is 1. The smallest absolute Gasteiger partial charge is 0.316 e. The molecule has 7 atom stereocenters. The van der Waals surface area contributed by atoms with Gasteiger partial charge in [-0.1, -0.05) is 52.8 Å². The molecule has 7 unspecified atom stereocenters. The van der Waals surface area contributed by atoms with E-state index in [0.29, 0.717) is 43.5 Å². The lowest BCUT2D eigenvalue weighted by atomic mass is 9.75. The van der Waals surface area contributed by atoms with Gasteiger partial charge in [-0.15, -0.1) is 0 Å². The van der Waals surface area contributed by atoms with Crippen LogP contribution in [-0.2, 0) is 42.9 Å². The van der Waals surface area contributed by atoms with Crippen LogP contribution in [0.5, 0.6) is 5.75 Å². The van der Waals surface area contributed by atoms with E-state index in [-0.39, 0.29) is 47.9 Å². The zero-order chi connectivity index (χ0) is 48.6. The van der Waals surface area contributed by atoms with E-state index in [0.717, 1.165) is 49.4 Å². The van der Waals surface area contributed by atoms with Crippen LogP contribution < -0.4 is 4.74 Å². The number of hydrogen-bond donors (Lipinski definition) is 2. The Morgan fingerprint density at radius 2 is 1.06 bits per heavy atom. The van der Waals surface area contributed by atoms with Gasteiger partial charge in [0.15, 0.2) is 0 Å². The molecule has 1 aromatic rings. The molecule has 0 spiro atoms. The molecule has 1 saturated heterocycles. The Morgan fingerprint density at radius 3 is 1.49 bits per heavy atom. The quantitative estimate of drug-likeness (QED) is 0.0696. The van der Waals surface area contributed by atoms with Gasteiger partial charge in [0.05, 0.1) is 59.1 Å². The highest BCUT2D eigenvalue weighted by molar-refractivity contribution is 5.78. The molecule has 4 aliphatic rings. The van der Waals surface area contributed by atoms with E-state index in [4.69, 9.17) is 33.9 Å². The fraction of sp³-hybridized carbons (Fsp3) is 0.784. The normalized spacial score (nSPS) is 22.9. The minimum Gasteiger partial charge on any atom is -0.481 e. The van der Waals surface area contributed by atoms with E-state index in [9.17, 15) is 24.0 Å². The molecular weight excluding hydrogens is 805 g/mol. The predicted molar refractivity (Wildman–Crippen MR) is 246 cm³/mol. The van der Waals surface area contributed by atoms with Crippen molar-refractivity contribution in [3.8, 4) is 5.75 Å². The van der Waals surface area contributed by atoms with Crippen molar-refractivity contribution in [2.75, 3.05) is 26.4 Å². The van der Waals surface area contributed by atoms with Crippen LogP contribution in [0.1, 0.15) is 162 Å². The molecule has 12 nitrogen and oxygen atoms in total. The van der Waals surface area contributed by atoms with Crippen LogP contribution in [0.4, 0.5) is 0 Å². The van der Waals surface area contributed by atoms with Crippen LogP contribution >= 0.6 is 0 Å². The molecule has 0 amide bonds. The van der Waals surface area contributed by atoms with Gasteiger partial charge in [-0.25, -0.2) is 0 Å². The highest BCUT2D eigenvalue weighted by atomic mass is 16.6. The lowest BCUT2D eigenvalue weighted by Gasteiger charge is -2.33. The predicted octanol–water partition coefficient (Wildman–Crippen LogP) is 10.5. The molecule has 63 heavy (non-hydrogen) atoms. The number of fused-ring (bicyclic) bond motifs is 7. The number of carbonyl (C=O) groups is 5.